The number of methoxy groups -OCH3 is 1. The predicted molar refractivity (Wildman–Crippen MR) is 83.2 cm³/mol. The van der Waals surface area contributed by atoms with Gasteiger partial charge in [0.15, 0.2) is 0 Å². The van der Waals surface area contributed by atoms with Crippen LogP contribution in [-0.4, -0.2) is 7.11 Å². The highest BCUT2D eigenvalue weighted by molar-refractivity contribution is 14.1. The summed E-state index contributed by atoms with van der Waals surface area (Å²) in [5.74, 6) is 0.662. The van der Waals surface area contributed by atoms with Gasteiger partial charge < -0.3 is 10.5 Å². The van der Waals surface area contributed by atoms with Crippen molar-refractivity contribution in [3.05, 3.63) is 62.2 Å². The lowest BCUT2D eigenvalue weighted by Gasteiger charge is -2.14. The molecule has 0 saturated carbocycles. The molecule has 0 radical (unpaired) electrons. The average molecular weight is 374 g/mol. The first-order valence-corrected chi connectivity index (χ1v) is 6.92. The second-order valence-corrected chi connectivity index (χ2v) is 5.58. The lowest BCUT2D eigenvalue weighted by atomic mass is 10.00. The number of rotatable bonds is 3. The van der Waals surface area contributed by atoms with Crippen LogP contribution < -0.4 is 10.5 Å². The first kappa shape index (κ1) is 13.6. The Bertz CT molecular complexity index is 559. The minimum atomic E-state index is -0.178. The Morgan fingerprint density at radius 1 is 1.17 bits per heavy atom. The zero-order chi connectivity index (χ0) is 13.1. The topological polar surface area (TPSA) is 35.2 Å². The smallest absolute Gasteiger partial charge is 0.137 e. The van der Waals surface area contributed by atoms with Gasteiger partial charge in [0.05, 0.1) is 18.2 Å². The lowest BCUT2D eigenvalue weighted by Crippen LogP contribution is -2.12. The third kappa shape index (κ3) is 2.96. The number of nitrogens with two attached hydrogens (primary N) is 1. The molecule has 0 aliphatic carbocycles. The summed E-state index contributed by atoms with van der Waals surface area (Å²) in [7, 11) is 1.60. The van der Waals surface area contributed by atoms with Crippen molar-refractivity contribution in [1.82, 2.24) is 0 Å². The standard InChI is InChI=1S/C14H13ClINO/c1-18-13-6-5-10(8-12(13)15)14(17)9-3-2-4-11(16)7-9/h2-8,14H,17H2,1H3. The number of hydrogen-bond donors (Lipinski definition) is 1. The van der Waals surface area contributed by atoms with Crippen LogP contribution in [0.15, 0.2) is 42.5 Å². The molecule has 94 valence electrons. The first-order chi connectivity index (χ1) is 8.61. The summed E-state index contributed by atoms with van der Waals surface area (Å²) in [6, 6.07) is 13.6. The van der Waals surface area contributed by atoms with Crippen molar-refractivity contribution in [3.63, 3.8) is 0 Å². The van der Waals surface area contributed by atoms with E-state index in [9.17, 15) is 0 Å². The summed E-state index contributed by atoms with van der Waals surface area (Å²) < 4.78 is 6.30. The Morgan fingerprint density at radius 2 is 1.89 bits per heavy atom. The molecule has 0 aliphatic rings. The van der Waals surface area contributed by atoms with Crippen molar-refractivity contribution >= 4 is 34.2 Å². The summed E-state index contributed by atoms with van der Waals surface area (Å²) in [4.78, 5) is 0. The van der Waals surface area contributed by atoms with Crippen LogP contribution >= 0.6 is 34.2 Å². The van der Waals surface area contributed by atoms with E-state index >= 15 is 0 Å². The van der Waals surface area contributed by atoms with Gasteiger partial charge in [0, 0.05) is 3.57 Å². The number of benzene rings is 2. The highest BCUT2D eigenvalue weighted by Gasteiger charge is 2.11. The molecule has 0 fully saturated rings. The van der Waals surface area contributed by atoms with Gasteiger partial charge >= 0.3 is 0 Å². The van der Waals surface area contributed by atoms with Crippen LogP contribution in [-0.2, 0) is 0 Å². The van der Waals surface area contributed by atoms with Crippen LogP contribution in [0.3, 0.4) is 0 Å². The van der Waals surface area contributed by atoms with Crippen LogP contribution in [0, 0.1) is 3.57 Å². The van der Waals surface area contributed by atoms with E-state index in [1.54, 1.807) is 7.11 Å². The molecule has 4 heteroatoms. The molecule has 18 heavy (non-hydrogen) atoms. The highest BCUT2D eigenvalue weighted by Crippen LogP contribution is 2.29. The molecule has 2 rings (SSSR count). The van der Waals surface area contributed by atoms with Gasteiger partial charge in [-0.15, -0.1) is 0 Å². The van der Waals surface area contributed by atoms with Crippen LogP contribution in [0.25, 0.3) is 0 Å². The van der Waals surface area contributed by atoms with Crippen molar-refractivity contribution in [2.24, 2.45) is 5.73 Å². The van der Waals surface area contributed by atoms with E-state index in [2.05, 4.69) is 28.7 Å². The quantitative estimate of drug-likeness (QED) is 0.825. The molecule has 2 N–H and O–H groups in total. The fourth-order valence-electron chi connectivity index (χ4n) is 1.77. The van der Waals surface area contributed by atoms with Crippen molar-refractivity contribution in [1.29, 1.82) is 0 Å². The minimum Gasteiger partial charge on any atom is -0.495 e. The Kier molecular flexibility index (Phi) is 4.48. The van der Waals surface area contributed by atoms with Gasteiger partial charge in [-0.05, 0) is 58.0 Å². The third-order valence-corrected chi connectivity index (χ3v) is 3.71. The molecule has 1 atom stereocenters. The van der Waals surface area contributed by atoms with E-state index in [1.807, 2.05) is 36.4 Å². The maximum absolute atomic E-state index is 6.24. The van der Waals surface area contributed by atoms with Gasteiger partial charge in [-0.25, -0.2) is 0 Å². The molecule has 0 aliphatic heterocycles. The lowest BCUT2D eigenvalue weighted by molar-refractivity contribution is 0.415. The largest absolute Gasteiger partial charge is 0.495 e. The second kappa shape index (κ2) is 5.91. The zero-order valence-corrected chi connectivity index (χ0v) is 12.8. The second-order valence-electron chi connectivity index (χ2n) is 3.93. The summed E-state index contributed by atoms with van der Waals surface area (Å²) in [6.07, 6.45) is 0. The van der Waals surface area contributed by atoms with Gasteiger partial charge in [0.1, 0.15) is 5.75 Å². The zero-order valence-electron chi connectivity index (χ0n) is 9.86. The molecule has 0 aromatic heterocycles. The van der Waals surface area contributed by atoms with Crippen LogP contribution in [0.5, 0.6) is 5.75 Å². The molecule has 2 aromatic rings. The van der Waals surface area contributed by atoms with E-state index < -0.39 is 0 Å². The molecular formula is C14H13ClINO. The summed E-state index contributed by atoms with van der Waals surface area (Å²) in [5.41, 5.74) is 8.29. The molecule has 2 nitrogen and oxygen atoms in total. The molecule has 0 spiro atoms. The van der Waals surface area contributed by atoms with Crippen LogP contribution in [0.4, 0.5) is 0 Å². The number of halogens is 2. The minimum absolute atomic E-state index is 0.178. The van der Waals surface area contributed by atoms with Gasteiger partial charge in [-0.3, -0.25) is 0 Å². The fraction of sp³-hybridized carbons (Fsp3) is 0.143. The fourth-order valence-corrected chi connectivity index (χ4v) is 2.60. The van der Waals surface area contributed by atoms with Crippen molar-refractivity contribution in [2.45, 2.75) is 6.04 Å². The van der Waals surface area contributed by atoms with E-state index in [0.717, 1.165) is 11.1 Å². The van der Waals surface area contributed by atoms with E-state index in [4.69, 9.17) is 22.1 Å². The van der Waals surface area contributed by atoms with Gasteiger partial charge in [0.2, 0.25) is 0 Å². The van der Waals surface area contributed by atoms with Gasteiger partial charge in [-0.2, -0.15) is 0 Å². The Hall–Kier alpha value is -0.780. The molecule has 1 unspecified atom stereocenters. The van der Waals surface area contributed by atoms with E-state index in [1.165, 1.54) is 3.57 Å². The van der Waals surface area contributed by atoms with E-state index in [-0.39, 0.29) is 6.04 Å². The van der Waals surface area contributed by atoms with Crippen LogP contribution in [0.1, 0.15) is 17.2 Å². The molecule has 0 bridgehead atoms. The highest BCUT2D eigenvalue weighted by atomic mass is 127. The summed E-state index contributed by atoms with van der Waals surface area (Å²) in [5, 5.41) is 0.580. The molecule has 0 heterocycles. The van der Waals surface area contributed by atoms with Gasteiger partial charge in [0.25, 0.3) is 0 Å². The number of hydrogen-bond acceptors (Lipinski definition) is 2. The Morgan fingerprint density at radius 3 is 2.50 bits per heavy atom. The normalized spacial score (nSPS) is 12.2. The number of ether oxygens (including phenoxy) is 1. The first-order valence-electron chi connectivity index (χ1n) is 5.46. The molecular weight excluding hydrogens is 361 g/mol. The van der Waals surface area contributed by atoms with Crippen LogP contribution in [0.2, 0.25) is 5.02 Å². The van der Waals surface area contributed by atoms with Crippen molar-refractivity contribution in [3.8, 4) is 5.75 Å². The average Bonchev–Trinajstić information content (AvgIpc) is 2.37. The summed E-state index contributed by atoms with van der Waals surface area (Å²) >= 11 is 8.38. The molecule has 2 aromatic carbocycles. The maximum atomic E-state index is 6.24. The molecule has 0 saturated heterocycles. The third-order valence-electron chi connectivity index (χ3n) is 2.74. The Labute approximate surface area is 125 Å². The summed E-state index contributed by atoms with van der Waals surface area (Å²) in [6.45, 7) is 0. The maximum Gasteiger partial charge on any atom is 0.137 e. The monoisotopic (exact) mass is 373 g/mol. The van der Waals surface area contributed by atoms with Gasteiger partial charge in [-0.1, -0.05) is 29.8 Å². The predicted octanol–water partition coefficient (Wildman–Crippen LogP) is 4.00. The van der Waals surface area contributed by atoms with E-state index in [0.29, 0.717) is 10.8 Å². The molecule has 0 amide bonds. The SMILES string of the molecule is COc1ccc(C(N)c2cccc(I)c2)cc1Cl. The van der Waals surface area contributed by atoms with Crippen molar-refractivity contribution in [2.75, 3.05) is 7.11 Å². The van der Waals surface area contributed by atoms with Crippen molar-refractivity contribution < 1.29 is 4.74 Å². The Balaban J connectivity index is 2.34.